The fourth-order valence-electron chi connectivity index (χ4n) is 1.88. The summed E-state index contributed by atoms with van der Waals surface area (Å²) < 4.78 is 10.2. The third-order valence-corrected chi connectivity index (χ3v) is 3.09. The normalized spacial score (nSPS) is 12.9. The lowest BCUT2D eigenvalue weighted by Crippen LogP contribution is -1.99. The minimum absolute atomic E-state index is 0.236. The maximum Gasteiger partial charge on any atom is 0.331 e. The maximum atomic E-state index is 11.3. The molecule has 1 heterocycles. The zero-order valence-corrected chi connectivity index (χ0v) is 14.0. The lowest BCUT2D eigenvalue weighted by atomic mass is 10.1. The van der Waals surface area contributed by atoms with Crippen molar-refractivity contribution in [1.82, 2.24) is 0 Å². The molecule has 1 atom stereocenters. The molecule has 0 saturated heterocycles. The van der Waals surface area contributed by atoms with E-state index >= 15 is 0 Å². The first-order valence-electron chi connectivity index (χ1n) is 7.44. The van der Waals surface area contributed by atoms with Gasteiger partial charge in [-0.15, -0.1) is 5.73 Å². The molecule has 0 bridgehead atoms. The van der Waals surface area contributed by atoms with E-state index in [1.807, 2.05) is 26.8 Å². The Hall–Kier alpha value is -2.25. The van der Waals surface area contributed by atoms with Gasteiger partial charge in [0.05, 0.1) is 12.9 Å². The average molecular weight is 300 g/mol. The van der Waals surface area contributed by atoms with Crippen molar-refractivity contribution >= 4 is 12.0 Å². The van der Waals surface area contributed by atoms with Crippen LogP contribution in [0.3, 0.4) is 0 Å². The summed E-state index contributed by atoms with van der Waals surface area (Å²) in [4.78, 5) is 11.3. The highest BCUT2D eigenvalue weighted by Crippen LogP contribution is 2.18. The molecule has 0 aromatic carbocycles. The molecule has 118 valence electrons. The molecule has 1 unspecified atom stereocenters. The van der Waals surface area contributed by atoms with Gasteiger partial charge in [-0.25, -0.2) is 4.79 Å². The number of rotatable bonds is 6. The quantitative estimate of drug-likeness (QED) is 0.329. The van der Waals surface area contributed by atoms with Crippen molar-refractivity contribution in [3.63, 3.8) is 0 Å². The molecule has 22 heavy (non-hydrogen) atoms. The van der Waals surface area contributed by atoms with Crippen LogP contribution < -0.4 is 0 Å². The number of hydrogen-bond donors (Lipinski definition) is 0. The van der Waals surface area contributed by atoms with E-state index in [-0.39, 0.29) is 11.9 Å². The highest BCUT2D eigenvalue weighted by Gasteiger charge is 2.02. The van der Waals surface area contributed by atoms with Gasteiger partial charge >= 0.3 is 5.97 Å². The Morgan fingerprint density at radius 2 is 2.18 bits per heavy atom. The van der Waals surface area contributed by atoms with Crippen molar-refractivity contribution in [3.8, 4) is 0 Å². The molecule has 0 spiro atoms. The molecule has 3 nitrogen and oxygen atoms in total. The fraction of sp³-hybridized carbons (Fsp3) is 0.368. The van der Waals surface area contributed by atoms with Crippen molar-refractivity contribution in [2.75, 3.05) is 6.61 Å². The van der Waals surface area contributed by atoms with Crippen LogP contribution in [0.5, 0.6) is 0 Å². The number of aryl methyl sites for hydroxylation is 2. The van der Waals surface area contributed by atoms with E-state index in [0.29, 0.717) is 6.61 Å². The number of allylic oxidation sites excluding steroid dienone is 3. The first-order chi connectivity index (χ1) is 10.4. The van der Waals surface area contributed by atoms with Crippen molar-refractivity contribution in [3.05, 3.63) is 58.8 Å². The van der Waals surface area contributed by atoms with Gasteiger partial charge in [0.25, 0.3) is 0 Å². The molecule has 0 aliphatic rings. The van der Waals surface area contributed by atoms with Crippen LogP contribution in [0.4, 0.5) is 0 Å². The molecule has 1 aromatic rings. The Bertz CT molecular complexity index is 604. The van der Waals surface area contributed by atoms with E-state index in [1.165, 1.54) is 6.08 Å². The molecular weight excluding hydrogens is 276 g/mol. The zero-order valence-electron chi connectivity index (χ0n) is 14.0. The molecule has 0 saturated carbocycles. The highest BCUT2D eigenvalue weighted by atomic mass is 16.5. The second-order valence-corrected chi connectivity index (χ2v) is 5.22. The third kappa shape index (κ3) is 6.02. The monoisotopic (exact) mass is 300 g/mol. The molecule has 3 heteroatoms. The van der Waals surface area contributed by atoms with Gasteiger partial charge in [-0.2, -0.15) is 0 Å². The smallest absolute Gasteiger partial charge is 0.331 e. The summed E-state index contributed by atoms with van der Waals surface area (Å²) in [6.07, 6.45) is 11.1. The summed E-state index contributed by atoms with van der Waals surface area (Å²) in [5.74, 6) is 0.839. The SMILES string of the molecule is CCOC(=O)/C=C(\C)C=C=CC(C)/C=C/c1c(C)coc1C. The van der Waals surface area contributed by atoms with Gasteiger partial charge in [0.15, 0.2) is 0 Å². The summed E-state index contributed by atoms with van der Waals surface area (Å²) in [6.45, 7) is 10.1. The zero-order chi connectivity index (χ0) is 16.5. The third-order valence-electron chi connectivity index (χ3n) is 3.09. The Balaban J connectivity index is 2.66. The Kier molecular flexibility index (Phi) is 7.21. The molecule has 0 radical (unpaired) electrons. The van der Waals surface area contributed by atoms with Crippen molar-refractivity contribution in [2.24, 2.45) is 5.92 Å². The van der Waals surface area contributed by atoms with Gasteiger partial charge in [0.2, 0.25) is 0 Å². The maximum absolute atomic E-state index is 11.3. The summed E-state index contributed by atoms with van der Waals surface area (Å²) in [5, 5.41) is 0. The average Bonchev–Trinajstić information content (AvgIpc) is 2.76. The van der Waals surface area contributed by atoms with E-state index < -0.39 is 0 Å². The standard InChI is InChI=1S/C19H24O3/c1-6-21-19(20)12-15(3)9-7-8-14(2)10-11-18-16(4)13-22-17(18)5/h8-14H,6H2,1-5H3/b11-10+,15-12+. The number of carbonyl (C=O) groups is 1. The van der Waals surface area contributed by atoms with E-state index in [9.17, 15) is 4.79 Å². The summed E-state index contributed by atoms with van der Waals surface area (Å²) in [6, 6.07) is 0. The molecule has 0 aliphatic heterocycles. The first kappa shape index (κ1) is 17.8. The van der Waals surface area contributed by atoms with E-state index in [0.717, 1.165) is 22.5 Å². The molecule has 1 rings (SSSR count). The summed E-state index contributed by atoms with van der Waals surface area (Å²) in [7, 11) is 0. The lowest BCUT2D eigenvalue weighted by Gasteiger charge is -1.97. The second-order valence-electron chi connectivity index (χ2n) is 5.22. The number of carbonyl (C=O) groups excluding carboxylic acids is 1. The number of furan rings is 1. The highest BCUT2D eigenvalue weighted by molar-refractivity contribution is 5.83. The number of esters is 1. The molecule has 0 N–H and O–H groups in total. The van der Waals surface area contributed by atoms with Gasteiger partial charge in [0.1, 0.15) is 5.76 Å². The summed E-state index contributed by atoms with van der Waals surface area (Å²) in [5.41, 5.74) is 6.16. The van der Waals surface area contributed by atoms with Crippen LogP contribution in [0.15, 0.2) is 46.3 Å². The molecule has 1 aromatic heterocycles. The van der Waals surface area contributed by atoms with Crippen LogP contribution in [0.2, 0.25) is 0 Å². The predicted octanol–water partition coefficient (Wildman–Crippen LogP) is 4.77. The lowest BCUT2D eigenvalue weighted by molar-refractivity contribution is -0.137. The van der Waals surface area contributed by atoms with Gasteiger partial charge in [-0.05, 0) is 56.9 Å². The van der Waals surface area contributed by atoms with Gasteiger partial charge in [-0.3, -0.25) is 0 Å². The van der Waals surface area contributed by atoms with E-state index in [2.05, 4.69) is 24.8 Å². The predicted molar refractivity (Wildman–Crippen MR) is 89.4 cm³/mol. The molecular formula is C19H24O3. The topological polar surface area (TPSA) is 39.4 Å². The Morgan fingerprint density at radius 3 is 2.77 bits per heavy atom. The fourth-order valence-corrected chi connectivity index (χ4v) is 1.88. The van der Waals surface area contributed by atoms with Crippen LogP contribution in [-0.4, -0.2) is 12.6 Å². The largest absolute Gasteiger partial charge is 0.469 e. The van der Waals surface area contributed by atoms with Crippen LogP contribution in [-0.2, 0) is 9.53 Å². The molecule has 0 amide bonds. The Labute approximate surface area is 132 Å². The van der Waals surface area contributed by atoms with Crippen LogP contribution in [0.1, 0.15) is 37.7 Å². The second kappa shape index (κ2) is 8.91. The Morgan fingerprint density at radius 1 is 1.45 bits per heavy atom. The molecule has 0 fully saturated rings. The van der Waals surface area contributed by atoms with Gasteiger partial charge in [0, 0.05) is 11.6 Å². The number of hydrogen-bond acceptors (Lipinski definition) is 3. The van der Waals surface area contributed by atoms with Crippen LogP contribution >= 0.6 is 0 Å². The van der Waals surface area contributed by atoms with Crippen LogP contribution in [0, 0.1) is 19.8 Å². The van der Waals surface area contributed by atoms with E-state index in [4.69, 9.17) is 9.15 Å². The summed E-state index contributed by atoms with van der Waals surface area (Å²) >= 11 is 0. The number of ether oxygens (including phenoxy) is 1. The first-order valence-corrected chi connectivity index (χ1v) is 7.44. The minimum atomic E-state index is -0.322. The van der Waals surface area contributed by atoms with Crippen molar-refractivity contribution < 1.29 is 13.9 Å². The van der Waals surface area contributed by atoms with Crippen molar-refractivity contribution in [1.29, 1.82) is 0 Å². The minimum Gasteiger partial charge on any atom is -0.469 e. The molecule has 0 aliphatic carbocycles. The van der Waals surface area contributed by atoms with Gasteiger partial charge in [-0.1, -0.05) is 19.1 Å². The van der Waals surface area contributed by atoms with Crippen molar-refractivity contribution in [2.45, 2.75) is 34.6 Å². The van der Waals surface area contributed by atoms with Gasteiger partial charge < -0.3 is 9.15 Å². The van der Waals surface area contributed by atoms with E-state index in [1.54, 1.807) is 19.3 Å². The van der Waals surface area contributed by atoms with Crippen LogP contribution in [0.25, 0.3) is 6.08 Å².